The van der Waals surface area contributed by atoms with Crippen molar-refractivity contribution in [1.82, 2.24) is 4.98 Å². The van der Waals surface area contributed by atoms with Crippen molar-refractivity contribution in [1.29, 1.82) is 0 Å². The summed E-state index contributed by atoms with van der Waals surface area (Å²) in [6.45, 7) is 1.34. The molecule has 1 aromatic carbocycles. The highest BCUT2D eigenvalue weighted by molar-refractivity contribution is 6.35. The Balaban J connectivity index is 2.10. The molecule has 0 spiro atoms. The summed E-state index contributed by atoms with van der Waals surface area (Å²) in [6.07, 6.45) is 2.57. The smallest absolute Gasteiger partial charge is 0.121 e. The fourth-order valence-electron chi connectivity index (χ4n) is 1.58. The van der Waals surface area contributed by atoms with E-state index in [1.807, 2.05) is 18.2 Å². The number of halogens is 1. The van der Waals surface area contributed by atoms with E-state index in [0.29, 0.717) is 18.2 Å². The van der Waals surface area contributed by atoms with Crippen LogP contribution in [-0.2, 0) is 4.74 Å². The lowest BCUT2D eigenvalue weighted by Gasteiger charge is -2.07. The fraction of sp³-hybridized carbons (Fsp3) is 0.308. The third-order valence-electron chi connectivity index (χ3n) is 2.42. The maximum Gasteiger partial charge on any atom is 0.121 e. The minimum absolute atomic E-state index is 0.639. The molecular formula is C13H14ClNO2. The van der Waals surface area contributed by atoms with Crippen LogP contribution in [0.1, 0.15) is 6.42 Å². The minimum Gasteiger partial charge on any atom is -0.493 e. The van der Waals surface area contributed by atoms with Crippen molar-refractivity contribution in [3.63, 3.8) is 0 Å². The van der Waals surface area contributed by atoms with Gasteiger partial charge in [0.1, 0.15) is 5.75 Å². The highest BCUT2D eigenvalue weighted by atomic mass is 35.5. The number of ether oxygens (including phenoxy) is 2. The van der Waals surface area contributed by atoms with Crippen LogP contribution >= 0.6 is 11.6 Å². The van der Waals surface area contributed by atoms with Gasteiger partial charge in [-0.1, -0.05) is 11.6 Å². The number of pyridine rings is 1. The van der Waals surface area contributed by atoms with Crippen LogP contribution in [0.2, 0.25) is 5.02 Å². The van der Waals surface area contributed by atoms with Crippen molar-refractivity contribution in [3.8, 4) is 5.75 Å². The average Bonchev–Trinajstić information content (AvgIpc) is 2.35. The molecule has 4 heteroatoms. The van der Waals surface area contributed by atoms with E-state index in [9.17, 15) is 0 Å². The largest absolute Gasteiger partial charge is 0.493 e. The Kier molecular flexibility index (Phi) is 4.18. The summed E-state index contributed by atoms with van der Waals surface area (Å²) in [5.41, 5.74) is 0.849. The van der Waals surface area contributed by atoms with Crippen molar-refractivity contribution in [2.75, 3.05) is 20.3 Å². The lowest BCUT2D eigenvalue weighted by molar-refractivity contribution is 0.172. The highest BCUT2D eigenvalue weighted by Crippen LogP contribution is 2.25. The summed E-state index contributed by atoms with van der Waals surface area (Å²) >= 11 is 6.06. The van der Waals surface area contributed by atoms with Gasteiger partial charge in [0.25, 0.3) is 0 Å². The third kappa shape index (κ3) is 3.08. The highest BCUT2D eigenvalue weighted by Gasteiger charge is 2.01. The summed E-state index contributed by atoms with van der Waals surface area (Å²) in [6, 6.07) is 7.51. The zero-order valence-electron chi connectivity index (χ0n) is 9.65. The molecule has 0 atom stereocenters. The van der Waals surface area contributed by atoms with Crippen LogP contribution in [0.4, 0.5) is 0 Å². The van der Waals surface area contributed by atoms with Gasteiger partial charge in [-0.25, -0.2) is 0 Å². The number of hydrogen-bond donors (Lipinski definition) is 0. The van der Waals surface area contributed by atoms with E-state index in [1.54, 1.807) is 19.4 Å². The Labute approximate surface area is 105 Å². The average molecular weight is 252 g/mol. The van der Waals surface area contributed by atoms with Crippen LogP contribution in [0.5, 0.6) is 5.75 Å². The van der Waals surface area contributed by atoms with Gasteiger partial charge in [-0.15, -0.1) is 0 Å². The summed E-state index contributed by atoms with van der Waals surface area (Å²) in [5, 5.41) is 1.65. The first-order valence-electron chi connectivity index (χ1n) is 5.47. The lowest BCUT2D eigenvalue weighted by atomic mass is 10.2. The lowest BCUT2D eigenvalue weighted by Crippen LogP contribution is -2.01. The van der Waals surface area contributed by atoms with Crippen LogP contribution in [0.3, 0.4) is 0 Å². The van der Waals surface area contributed by atoms with Gasteiger partial charge in [-0.05, 0) is 18.2 Å². The normalized spacial score (nSPS) is 10.7. The Morgan fingerprint density at radius 1 is 1.24 bits per heavy atom. The Bertz CT molecular complexity index is 502. The van der Waals surface area contributed by atoms with E-state index in [0.717, 1.165) is 23.1 Å². The second-order valence-corrected chi connectivity index (χ2v) is 4.07. The molecule has 3 nitrogen and oxygen atoms in total. The van der Waals surface area contributed by atoms with Gasteiger partial charge >= 0.3 is 0 Å². The third-order valence-corrected chi connectivity index (χ3v) is 2.75. The van der Waals surface area contributed by atoms with Gasteiger partial charge in [-0.2, -0.15) is 0 Å². The summed E-state index contributed by atoms with van der Waals surface area (Å²) < 4.78 is 10.5. The van der Waals surface area contributed by atoms with Gasteiger partial charge in [-0.3, -0.25) is 4.98 Å². The number of aromatic nitrogens is 1. The van der Waals surface area contributed by atoms with Crippen LogP contribution in [0, 0.1) is 0 Å². The molecule has 1 aromatic heterocycles. The topological polar surface area (TPSA) is 31.4 Å². The second-order valence-electron chi connectivity index (χ2n) is 3.67. The first-order valence-corrected chi connectivity index (χ1v) is 5.85. The molecule has 0 fully saturated rings. The van der Waals surface area contributed by atoms with Gasteiger partial charge in [0.05, 0.1) is 17.1 Å². The Morgan fingerprint density at radius 2 is 2.12 bits per heavy atom. The van der Waals surface area contributed by atoms with E-state index in [4.69, 9.17) is 21.1 Å². The SMILES string of the molecule is COCCCOc1ccc2c(Cl)ccnc2c1. The zero-order valence-corrected chi connectivity index (χ0v) is 10.4. The fourth-order valence-corrected chi connectivity index (χ4v) is 1.79. The van der Waals surface area contributed by atoms with Crippen molar-refractivity contribution in [2.24, 2.45) is 0 Å². The summed E-state index contributed by atoms with van der Waals surface area (Å²) in [4.78, 5) is 4.26. The molecule has 0 aliphatic heterocycles. The molecule has 2 rings (SSSR count). The standard InChI is InChI=1S/C13H14ClNO2/c1-16-7-2-8-17-10-3-4-11-12(14)5-6-15-13(11)9-10/h3-6,9H,2,7-8H2,1H3. The van der Waals surface area contributed by atoms with E-state index >= 15 is 0 Å². The molecule has 1 heterocycles. The monoisotopic (exact) mass is 251 g/mol. The molecule has 2 aromatic rings. The number of hydrogen-bond acceptors (Lipinski definition) is 3. The van der Waals surface area contributed by atoms with Gasteiger partial charge in [0.15, 0.2) is 0 Å². The van der Waals surface area contributed by atoms with Crippen LogP contribution < -0.4 is 4.74 Å². The van der Waals surface area contributed by atoms with E-state index in [1.165, 1.54) is 0 Å². The number of fused-ring (bicyclic) bond motifs is 1. The molecule has 0 saturated carbocycles. The second kappa shape index (κ2) is 5.84. The molecular weight excluding hydrogens is 238 g/mol. The van der Waals surface area contributed by atoms with Gasteiger partial charge in [0, 0.05) is 37.8 Å². The minimum atomic E-state index is 0.639. The molecule has 0 amide bonds. The van der Waals surface area contributed by atoms with Gasteiger partial charge < -0.3 is 9.47 Å². The molecule has 17 heavy (non-hydrogen) atoms. The molecule has 0 saturated heterocycles. The Morgan fingerprint density at radius 3 is 2.94 bits per heavy atom. The van der Waals surface area contributed by atoms with Crippen molar-refractivity contribution >= 4 is 22.5 Å². The van der Waals surface area contributed by atoms with E-state index in [-0.39, 0.29) is 0 Å². The predicted molar refractivity (Wildman–Crippen MR) is 68.7 cm³/mol. The molecule has 0 bridgehead atoms. The zero-order chi connectivity index (χ0) is 12.1. The maximum absolute atomic E-state index is 6.06. The Hall–Kier alpha value is -1.32. The molecule has 0 aliphatic carbocycles. The predicted octanol–water partition coefficient (Wildman–Crippen LogP) is 3.30. The molecule has 0 aliphatic rings. The van der Waals surface area contributed by atoms with Crippen molar-refractivity contribution in [3.05, 3.63) is 35.5 Å². The van der Waals surface area contributed by atoms with E-state index < -0.39 is 0 Å². The van der Waals surface area contributed by atoms with Crippen molar-refractivity contribution < 1.29 is 9.47 Å². The summed E-state index contributed by atoms with van der Waals surface area (Å²) in [5.74, 6) is 0.809. The molecule has 0 radical (unpaired) electrons. The van der Waals surface area contributed by atoms with Crippen LogP contribution in [-0.4, -0.2) is 25.3 Å². The quantitative estimate of drug-likeness (QED) is 0.764. The number of benzene rings is 1. The van der Waals surface area contributed by atoms with Crippen molar-refractivity contribution in [2.45, 2.75) is 6.42 Å². The first kappa shape index (κ1) is 12.1. The maximum atomic E-state index is 6.06. The molecule has 0 N–H and O–H groups in total. The number of nitrogens with zero attached hydrogens (tertiary/aromatic N) is 1. The van der Waals surface area contributed by atoms with Crippen LogP contribution in [0.15, 0.2) is 30.5 Å². The first-order chi connectivity index (χ1) is 8.31. The molecule has 0 unspecified atom stereocenters. The van der Waals surface area contributed by atoms with Crippen LogP contribution in [0.25, 0.3) is 10.9 Å². The number of methoxy groups -OCH3 is 1. The summed E-state index contributed by atoms with van der Waals surface area (Å²) in [7, 11) is 1.68. The van der Waals surface area contributed by atoms with E-state index in [2.05, 4.69) is 4.98 Å². The molecule has 90 valence electrons. The van der Waals surface area contributed by atoms with Gasteiger partial charge in [0.2, 0.25) is 0 Å². The number of rotatable bonds is 5.